The van der Waals surface area contributed by atoms with E-state index in [-0.39, 0.29) is 0 Å². The van der Waals surface area contributed by atoms with Gasteiger partial charge in [-0.25, -0.2) is 0 Å². The fraction of sp³-hybridized carbons (Fsp3) is 0.571. The number of nitrogens with two attached hydrogens (primary N) is 1. The number of hydrogen-bond acceptors (Lipinski definition) is 1. The zero-order valence-electron chi connectivity index (χ0n) is 10.5. The molecule has 90 valence electrons. The second-order valence-electron chi connectivity index (χ2n) is 4.88. The summed E-state index contributed by atoms with van der Waals surface area (Å²) in [7, 11) is 0. The maximum absolute atomic E-state index is 6.01. The molecule has 0 aliphatic carbocycles. The van der Waals surface area contributed by atoms with E-state index >= 15 is 0 Å². The summed E-state index contributed by atoms with van der Waals surface area (Å²) in [4.78, 5) is 0. The van der Waals surface area contributed by atoms with Crippen molar-refractivity contribution in [3.63, 3.8) is 0 Å². The van der Waals surface area contributed by atoms with Gasteiger partial charge in [-0.05, 0) is 49.3 Å². The smallest absolute Gasteiger partial charge is 0.0435 e. The molecule has 0 aliphatic heterocycles. The molecule has 0 amide bonds. The molecule has 1 aromatic rings. The molecule has 2 N–H and O–H groups in total. The van der Waals surface area contributed by atoms with E-state index in [1.165, 1.54) is 5.56 Å². The van der Waals surface area contributed by atoms with Crippen molar-refractivity contribution in [3.8, 4) is 0 Å². The quantitative estimate of drug-likeness (QED) is 0.827. The minimum absolute atomic E-state index is 0.327. The normalized spacial score (nSPS) is 13.1. The highest BCUT2D eigenvalue weighted by Gasteiger charge is 2.07. The molecule has 0 fully saturated rings. The van der Waals surface area contributed by atoms with E-state index in [2.05, 4.69) is 26.0 Å². The average Bonchev–Trinajstić information content (AvgIpc) is 2.23. The molecule has 1 rings (SSSR count). The van der Waals surface area contributed by atoms with Crippen LogP contribution in [0.25, 0.3) is 0 Å². The first kappa shape index (κ1) is 13.5. The molecule has 1 aromatic carbocycles. The Labute approximate surface area is 104 Å². The lowest BCUT2D eigenvalue weighted by molar-refractivity contribution is 0.452. The van der Waals surface area contributed by atoms with Gasteiger partial charge in [-0.15, -0.1) is 0 Å². The van der Waals surface area contributed by atoms with Crippen LogP contribution in [-0.4, -0.2) is 6.04 Å². The van der Waals surface area contributed by atoms with Gasteiger partial charge in [-0.2, -0.15) is 0 Å². The number of aryl methyl sites for hydroxylation is 2. The van der Waals surface area contributed by atoms with Gasteiger partial charge in [-0.1, -0.05) is 37.6 Å². The van der Waals surface area contributed by atoms with Crippen LogP contribution in [0.5, 0.6) is 0 Å². The summed E-state index contributed by atoms with van der Waals surface area (Å²) in [5.41, 5.74) is 8.53. The Morgan fingerprint density at radius 2 is 2.00 bits per heavy atom. The summed E-state index contributed by atoms with van der Waals surface area (Å²) in [6, 6.07) is 6.59. The SMILES string of the molecule is Cc1cc(CCCC(N)C(C)C)ccc1Cl. The third-order valence-electron chi connectivity index (χ3n) is 3.08. The molecule has 1 nitrogen and oxygen atoms in total. The highest BCUT2D eigenvalue weighted by atomic mass is 35.5. The van der Waals surface area contributed by atoms with Crippen molar-refractivity contribution in [2.24, 2.45) is 11.7 Å². The number of halogens is 1. The molecule has 0 saturated heterocycles. The van der Waals surface area contributed by atoms with E-state index in [1.54, 1.807) is 0 Å². The third-order valence-corrected chi connectivity index (χ3v) is 3.51. The van der Waals surface area contributed by atoms with Gasteiger partial charge in [0.05, 0.1) is 0 Å². The Morgan fingerprint density at radius 1 is 1.31 bits per heavy atom. The second-order valence-corrected chi connectivity index (χ2v) is 5.29. The molecule has 0 bridgehead atoms. The van der Waals surface area contributed by atoms with Gasteiger partial charge in [0.15, 0.2) is 0 Å². The summed E-state index contributed by atoms with van der Waals surface area (Å²) >= 11 is 5.99. The molecular weight excluding hydrogens is 218 g/mol. The van der Waals surface area contributed by atoms with E-state index in [1.807, 2.05) is 13.0 Å². The molecule has 0 saturated carbocycles. The van der Waals surface area contributed by atoms with Gasteiger partial charge < -0.3 is 5.73 Å². The van der Waals surface area contributed by atoms with Crippen LogP contribution in [0.1, 0.15) is 37.8 Å². The van der Waals surface area contributed by atoms with Gasteiger partial charge in [0.1, 0.15) is 0 Å². The van der Waals surface area contributed by atoms with Crippen molar-refractivity contribution in [1.29, 1.82) is 0 Å². The molecule has 0 spiro atoms. The van der Waals surface area contributed by atoms with Crippen LogP contribution in [-0.2, 0) is 6.42 Å². The fourth-order valence-corrected chi connectivity index (χ4v) is 1.86. The van der Waals surface area contributed by atoms with E-state index < -0.39 is 0 Å². The summed E-state index contributed by atoms with van der Waals surface area (Å²) < 4.78 is 0. The van der Waals surface area contributed by atoms with Gasteiger partial charge in [0, 0.05) is 11.1 Å². The molecule has 0 radical (unpaired) electrons. The number of hydrogen-bond donors (Lipinski definition) is 1. The first-order valence-corrected chi connectivity index (χ1v) is 6.39. The van der Waals surface area contributed by atoms with Crippen LogP contribution in [0.4, 0.5) is 0 Å². The highest BCUT2D eigenvalue weighted by molar-refractivity contribution is 6.31. The minimum Gasteiger partial charge on any atom is -0.327 e. The maximum atomic E-state index is 6.01. The third kappa shape index (κ3) is 4.15. The Kier molecular flexibility index (Phi) is 5.30. The molecule has 0 heterocycles. The van der Waals surface area contributed by atoms with E-state index in [0.29, 0.717) is 12.0 Å². The maximum Gasteiger partial charge on any atom is 0.0435 e. The van der Waals surface area contributed by atoms with Gasteiger partial charge in [0.2, 0.25) is 0 Å². The van der Waals surface area contributed by atoms with Crippen molar-refractivity contribution in [3.05, 3.63) is 34.3 Å². The Balaban J connectivity index is 2.40. The molecule has 16 heavy (non-hydrogen) atoms. The van der Waals surface area contributed by atoms with Crippen molar-refractivity contribution in [2.75, 3.05) is 0 Å². The summed E-state index contributed by atoms with van der Waals surface area (Å²) in [6.45, 7) is 6.40. The molecular formula is C14H22ClN. The van der Waals surface area contributed by atoms with Crippen molar-refractivity contribution in [1.82, 2.24) is 0 Å². The van der Waals surface area contributed by atoms with Crippen LogP contribution in [0.2, 0.25) is 5.02 Å². The van der Waals surface area contributed by atoms with Crippen LogP contribution in [0.15, 0.2) is 18.2 Å². The summed E-state index contributed by atoms with van der Waals surface area (Å²) in [5.74, 6) is 0.576. The number of benzene rings is 1. The zero-order chi connectivity index (χ0) is 12.1. The predicted molar refractivity (Wildman–Crippen MR) is 71.9 cm³/mol. The molecule has 1 atom stereocenters. The monoisotopic (exact) mass is 239 g/mol. The van der Waals surface area contributed by atoms with Gasteiger partial charge in [0.25, 0.3) is 0 Å². The van der Waals surface area contributed by atoms with Crippen LogP contribution < -0.4 is 5.73 Å². The molecule has 2 heteroatoms. The van der Waals surface area contributed by atoms with Crippen LogP contribution in [0, 0.1) is 12.8 Å². The lowest BCUT2D eigenvalue weighted by Crippen LogP contribution is -2.26. The average molecular weight is 240 g/mol. The minimum atomic E-state index is 0.327. The molecule has 1 unspecified atom stereocenters. The predicted octanol–water partition coefficient (Wildman–Crippen LogP) is 3.95. The highest BCUT2D eigenvalue weighted by Crippen LogP contribution is 2.18. The second kappa shape index (κ2) is 6.27. The summed E-state index contributed by atoms with van der Waals surface area (Å²) in [5, 5.41) is 0.850. The van der Waals surface area contributed by atoms with E-state index in [9.17, 15) is 0 Å². The first-order valence-electron chi connectivity index (χ1n) is 6.01. The largest absolute Gasteiger partial charge is 0.327 e. The number of rotatable bonds is 5. The van der Waals surface area contributed by atoms with E-state index in [4.69, 9.17) is 17.3 Å². The molecule has 0 aromatic heterocycles. The fourth-order valence-electron chi connectivity index (χ4n) is 1.74. The summed E-state index contributed by atoms with van der Waals surface area (Å²) in [6.07, 6.45) is 3.35. The topological polar surface area (TPSA) is 26.0 Å². The Bertz CT molecular complexity index is 334. The van der Waals surface area contributed by atoms with E-state index in [0.717, 1.165) is 29.8 Å². The van der Waals surface area contributed by atoms with Gasteiger partial charge in [-0.3, -0.25) is 0 Å². The zero-order valence-corrected chi connectivity index (χ0v) is 11.2. The lowest BCUT2D eigenvalue weighted by atomic mass is 9.97. The van der Waals surface area contributed by atoms with Crippen LogP contribution in [0.3, 0.4) is 0 Å². The standard InChI is InChI=1S/C14H22ClN/c1-10(2)14(16)6-4-5-12-7-8-13(15)11(3)9-12/h7-10,14H,4-6,16H2,1-3H3. The molecule has 0 aliphatic rings. The Morgan fingerprint density at radius 3 is 2.56 bits per heavy atom. The van der Waals surface area contributed by atoms with Crippen molar-refractivity contribution >= 4 is 11.6 Å². The van der Waals surface area contributed by atoms with Gasteiger partial charge >= 0.3 is 0 Å². The first-order chi connectivity index (χ1) is 7.50. The van der Waals surface area contributed by atoms with Crippen molar-refractivity contribution in [2.45, 2.75) is 46.1 Å². The lowest BCUT2D eigenvalue weighted by Gasteiger charge is -2.15. The van der Waals surface area contributed by atoms with Crippen LogP contribution >= 0.6 is 11.6 Å². The Hall–Kier alpha value is -0.530. The van der Waals surface area contributed by atoms with Crippen molar-refractivity contribution < 1.29 is 0 Å².